The van der Waals surface area contributed by atoms with Crippen LogP contribution in [0.2, 0.25) is 0 Å². The van der Waals surface area contributed by atoms with Gasteiger partial charge in [0.15, 0.2) is 5.82 Å². The molecule has 1 atom stereocenters. The lowest BCUT2D eigenvalue weighted by molar-refractivity contribution is 0.234. The summed E-state index contributed by atoms with van der Waals surface area (Å²) in [7, 11) is 2.12. The Balaban J connectivity index is 2.56. The van der Waals surface area contributed by atoms with E-state index < -0.39 is 0 Å². The smallest absolute Gasteiger partial charge is 0.242 e. The number of nitrogen functional groups attached to an aromatic ring is 1. The largest absolute Gasteiger partial charge is 0.473 e. The minimum Gasteiger partial charge on any atom is -0.473 e. The van der Waals surface area contributed by atoms with Crippen molar-refractivity contribution in [2.45, 2.75) is 46.3 Å². The van der Waals surface area contributed by atoms with Gasteiger partial charge in [-0.2, -0.15) is 4.98 Å². The molecule has 1 aromatic heterocycles. The van der Waals surface area contributed by atoms with Crippen molar-refractivity contribution >= 4 is 11.5 Å². The van der Waals surface area contributed by atoms with Gasteiger partial charge in [-0.05, 0) is 34.2 Å². The number of hydrogen-bond acceptors (Lipinski definition) is 6. The van der Waals surface area contributed by atoms with Gasteiger partial charge in [0.2, 0.25) is 5.88 Å². The summed E-state index contributed by atoms with van der Waals surface area (Å²) in [6, 6.07) is 0.569. The van der Waals surface area contributed by atoms with Crippen LogP contribution in [-0.2, 0) is 0 Å². The van der Waals surface area contributed by atoms with Crippen molar-refractivity contribution < 1.29 is 4.74 Å². The van der Waals surface area contributed by atoms with Crippen LogP contribution in [0.3, 0.4) is 0 Å². The van der Waals surface area contributed by atoms with Crippen LogP contribution in [0.4, 0.5) is 11.5 Å². The number of nitrogens with zero attached hydrogens (tertiary/aromatic N) is 3. The van der Waals surface area contributed by atoms with Crippen molar-refractivity contribution in [3.63, 3.8) is 0 Å². The maximum Gasteiger partial charge on any atom is 0.242 e. The predicted octanol–water partition coefficient (Wildman–Crippen LogP) is 1.99. The Morgan fingerprint density at radius 2 is 2.05 bits per heavy atom. The van der Waals surface area contributed by atoms with Crippen LogP contribution in [0.1, 0.15) is 34.1 Å². The van der Waals surface area contributed by atoms with Crippen LogP contribution in [0.15, 0.2) is 6.33 Å². The highest BCUT2D eigenvalue weighted by molar-refractivity contribution is 5.66. The highest BCUT2D eigenvalue weighted by Crippen LogP contribution is 2.25. The third kappa shape index (κ3) is 4.85. The van der Waals surface area contributed by atoms with Crippen molar-refractivity contribution in [3.05, 3.63) is 6.33 Å². The van der Waals surface area contributed by atoms with Gasteiger partial charge in [-0.3, -0.25) is 0 Å². The van der Waals surface area contributed by atoms with Crippen molar-refractivity contribution in [2.24, 2.45) is 0 Å². The van der Waals surface area contributed by atoms with Gasteiger partial charge in [-0.25, -0.2) is 4.98 Å². The van der Waals surface area contributed by atoms with E-state index in [0.717, 1.165) is 19.5 Å². The van der Waals surface area contributed by atoms with Crippen LogP contribution in [0, 0.1) is 0 Å². The highest BCUT2D eigenvalue weighted by atomic mass is 16.5. The fraction of sp³-hybridized carbons (Fsp3) is 0.714. The molecule has 0 saturated carbocycles. The number of nitrogens with one attached hydrogen (secondary N) is 1. The zero-order valence-corrected chi connectivity index (χ0v) is 13.2. The standard InChI is InChI=1S/C14H27N5O/c1-6-11(4)19(5)8-7-16-13-12(15)14(18-9-17-13)20-10(2)3/h9-11H,6-8,15H2,1-5H3,(H,16,17,18). The van der Waals surface area contributed by atoms with Crippen LogP contribution in [0.5, 0.6) is 5.88 Å². The summed E-state index contributed by atoms with van der Waals surface area (Å²) in [6.45, 7) is 9.99. The molecule has 6 heteroatoms. The van der Waals surface area contributed by atoms with E-state index in [2.05, 4.69) is 41.1 Å². The zero-order chi connectivity index (χ0) is 15.1. The van der Waals surface area contributed by atoms with E-state index in [1.807, 2.05) is 13.8 Å². The second-order valence-electron chi connectivity index (χ2n) is 5.27. The summed E-state index contributed by atoms with van der Waals surface area (Å²) in [6.07, 6.45) is 2.64. The van der Waals surface area contributed by atoms with E-state index in [1.54, 1.807) is 0 Å². The quantitative estimate of drug-likeness (QED) is 0.759. The number of aromatic nitrogens is 2. The number of hydrogen-bond donors (Lipinski definition) is 2. The molecule has 0 saturated heterocycles. The summed E-state index contributed by atoms with van der Waals surface area (Å²) in [5.74, 6) is 1.07. The molecule has 0 aliphatic heterocycles. The third-order valence-corrected chi connectivity index (χ3v) is 3.29. The molecule has 20 heavy (non-hydrogen) atoms. The zero-order valence-electron chi connectivity index (χ0n) is 13.2. The average molecular weight is 281 g/mol. The summed E-state index contributed by atoms with van der Waals surface area (Å²) >= 11 is 0. The molecular formula is C14H27N5O. The highest BCUT2D eigenvalue weighted by Gasteiger charge is 2.11. The SMILES string of the molecule is CCC(C)N(C)CCNc1ncnc(OC(C)C)c1N. The average Bonchev–Trinajstić information content (AvgIpc) is 2.41. The fourth-order valence-corrected chi connectivity index (χ4v) is 1.72. The van der Waals surface area contributed by atoms with Gasteiger partial charge < -0.3 is 20.7 Å². The predicted molar refractivity (Wildman–Crippen MR) is 83.1 cm³/mol. The summed E-state index contributed by atoms with van der Waals surface area (Å²) in [4.78, 5) is 10.5. The molecule has 1 rings (SSSR count). The molecule has 0 aromatic carbocycles. The molecule has 1 aromatic rings. The summed E-state index contributed by atoms with van der Waals surface area (Å²) in [5, 5.41) is 3.24. The number of likely N-dealkylation sites (N-methyl/N-ethyl adjacent to an activating group) is 1. The lowest BCUT2D eigenvalue weighted by atomic mass is 10.2. The minimum absolute atomic E-state index is 0.0385. The number of nitrogens with two attached hydrogens (primary N) is 1. The molecule has 0 spiro atoms. The van der Waals surface area contributed by atoms with Crippen LogP contribution < -0.4 is 15.8 Å². The molecule has 0 radical (unpaired) electrons. The molecule has 0 fully saturated rings. The molecule has 0 aliphatic carbocycles. The molecule has 0 bridgehead atoms. The molecular weight excluding hydrogens is 254 g/mol. The topological polar surface area (TPSA) is 76.3 Å². The number of ether oxygens (including phenoxy) is 1. The molecule has 0 aliphatic rings. The first kappa shape index (κ1) is 16.5. The summed E-state index contributed by atoms with van der Waals surface area (Å²) < 4.78 is 5.54. The van der Waals surface area contributed by atoms with E-state index >= 15 is 0 Å². The Labute approximate surface area is 121 Å². The van der Waals surface area contributed by atoms with Gasteiger partial charge in [0.25, 0.3) is 0 Å². The number of anilines is 2. The first-order chi connectivity index (χ1) is 9.45. The Bertz CT molecular complexity index is 411. The first-order valence-corrected chi connectivity index (χ1v) is 7.16. The van der Waals surface area contributed by atoms with E-state index in [0.29, 0.717) is 23.4 Å². The maximum atomic E-state index is 6.01. The Morgan fingerprint density at radius 1 is 1.35 bits per heavy atom. The monoisotopic (exact) mass is 281 g/mol. The van der Waals surface area contributed by atoms with Crippen LogP contribution in [-0.4, -0.2) is 47.2 Å². The second-order valence-corrected chi connectivity index (χ2v) is 5.27. The lowest BCUT2D eigenvalue weighted by Crippen LogP contribution is -2.32. The third-order valence-electron chi connectivity index (χ3n) is 3.29. The van der Waals surface area contributed by atoms with E-state index in [-0.39, 0.29) is 6.10 Å². The Kier molecular flexibility index (Phi) is 6.51. The molecule has 6 nitrogen and oxygen atoms in total. The normalized spacial score (nSPS) is 12.8. The molecule has 3 N–H and O–H groups in total. The van der Waals surface area contributed by atoms with Gasteiger partial charge in [0, 0.05) is 19.1 Å². The van der Waals surface area contributed by atoms with Crippen molar-refractivity contribution in [1.29, 1.82) is 0 Å². The number of rotatable bonds is 8. The van der Waals surface area contributed by atoms with Gasteiger partial charge in [0.05, 0.1) is 6.10 Å². The minimum atomic E-state index is 0.0385. The maximum absolute atomic E-state index is 6.01. The molecule has 1 heterocycles. The van der Waals surface area contributed by atoms with Crippen molar-refractivity contribution in [3.8, 4) is 5.88 Å². The van der Waals surface area contributed by atoms with E-state index in [4.69, 9.17) is 10.5 Å². The van der Waals surface area contributed by atoms with Crippen LogP contribution >= 0.6 is 0 Å². The van der Waals surface area contributed by atoms with Crippen molar-refractivity contribution in [2.75, 3.05) is 31.2 Å². The van der Waals surface area contributed by atoms with Gasteiger partial charge in [0.1, 0.15) is 12.0 Å². The molecule has 0 amide bonds. The van der Waals surface area contributed by atoms with Gasteiger partial charge in [-0.1, -0.05) is 6.92 Å². The van der Waals surface area contributed by atoms with E-state index in [9.17, 15) is 0 Å². The Morgan fingerprint density at radius 3 is 2.65 bits per heavy atom. The fourth-order valence-electron chi connectivity index (χ4n) is 1.72. The Hall–Kier alpha value is -1.56. The second kappa shape index (κ2) is 7.89. The van der Waals surface area contributed by atoms with Gasteiger partial charge in [-0.15, -0.1) is 0 Å². The van der Waals surface area contributed by atoms with E-state index in [1.165, 1.54) is 6.33 Å². The molecule has 114 valence electrons. The van der Waals surface area contributed by atoms with Crippen LogP contribution in [0.25, 0.3) is 0 Å². The lowest BCUT2D eigenvalue weighted by Gasteiger charge is -2.23. The van der Waals surface area contributed by atoms with Crippen molar-refractivity contribution in [1.82, 2.24) is 14.9 Å². The molecule has 1 unspecified atom stereocenters. The van der Waals surface area contributed by atoms with Gasteiger partial charge >= 0.3 is 0 Å². The summed E-state index contributed by atoms with van der Waals surface area (Å²) in [5.41, 5.74) is 6.47. The first-order valence-electron chi connectivity index (χ1n) is 7.16.